The molecule has 1 amide bonds. The van der Waals surface area contributed by atoms with E-state index in [0.29, 0.717) is 23.6 Å². The molecule has 1 aliphatic rings. The fourth-order valence-corrected chi connectivity index (χ4v) is 2.24. The summed E-state index contributed by atoms with van der Waals surface area (Å²) in [6.07, 6.45) is -0.883. The fraction of sp³-hybridized carbons (Fsp3) is 0.222. The molecule has 0 aromatic heterocycles. The van der Waals surface area contributed by atoms with E-state index in [0.717, 1.165) is 5.56 Å². The van der Waals surface area contributed by atoms with Crippen LogP contribution in [0.4, 0.5) is 0 Å². The van der Waals surface area contributed by atoms with Crippen LogP contribution in [-0.4, -0.2) is 24.8 Å². The van der Waals surface area contributed by atoms with Gasteiger partial charge in [0, 0.05) is 6.54 Å². The number of carbonyl (C=O) groups is 2. The second-order valence-corrected chi connectivity index (χ2v) is 5.32. The maximum atomic E-state index is 12.1. The van der Waals surface area contributed by atoms with Crippen molar-refractivity contribution in [2.75, 3.05) is 6.79 Å². The minimum absolute atomic E-state index is 0.206. The molecule has 1 aliphatic heterocycles. The van der Waals surface area contributed by atoms with Crippen LogP contribution in [0.25, 0.3) is 0 Å². The molecule has 0 aliphatic carbocycles. The topological polar surface area (TPSA) is 73.9 Å². The fourth-order valence-electron chi connectivity index (χ4n) is 2.24. The van der Waals surface area contributed by atoms with E-state index in [9.17, 15) is 9.59 Å². The Kier molecular flexibility index (Phi) is 4.65. The third kappa shape index (κ3) is 3.65. The molecule has 1 atom stereocenters. The normalized spacial score (nSPS) is 13.2. The number of hydrogen-bond acceptors (Lipinski definition) is 5. The smallest absolute Gasteiger partial charge is 0.338 e. The summed E-state index contributed by atoms with van der Waals surface area (Å²) >= 11 is 0. The highest BCUT2D eigenvalue weighted by atomic mass is 16.7. The van der Waals surface area contributed by atoms with Crippen molar-refractivity contribution in [3.8, 4) is 11.5 Å². The lowest BCUT2D eigenvalue weighted by Crippen LogP contribution is -2.35. The van der Waals surface area contributed by atoms with Gasteiger partial charge in [-0.05, 0) is 36.8 Å². The second-order valence-electron chi connectivity index (χ2n) is 5.32. The highest BCUT2D eigenvalue weighted by Crippen LogP contribution is 2.32. The number of carbonyl (C=O) groups excluding carboxylic acids is 2. The number of rotatable bonds is 5. The number of esters is 1. The van der Waals surface area contributed by atoms with Gasteiger partial charge in [0.15, 0.2) is 17.6 Å². The Labute approximate surface area is 139 Å². The van der Waals surface area contributed by atoms with E-state index in [1.54, 1.807) is 36.4 Å². The molecule has 0 saturated heterocycles. The lowest BCUT2D eigenvalue weighted by Gasteiger charge is -2.13. The quantitative estimate of drug-likeness (QED) is 0.853. The first-order valence-corrected chi connectivity index (χ1v) is 7.56. The van der Waals surface area contributed by atoms with Crippen LogP contribution >= 0.6 is 0 Å². The SMILES string of the molecule is C[C@@H](OC(=O)c1ccccc1)C(=O)NCc1ccc2c(c1)OCO2. The Hall–Kier alpha value is -3.02. The number of amides is 1. The number of benzene rings is 2. The molecule has 0 unspecified atom stereocenters. The van der Waals surface area contributed by atoms with Crippen LogP contribution in [-0.2, 0) is 16.1 Å². The van der Waals surface area contributed by atoms with Crippen LogP contribution in [0.5, 0.6) is 11.5 Å². The van der Waals surface area contributed by atoms with Gasteiger partial charge in [-0.25, -0.2) is 4.79 Å². The average Bonchev–Trinajstić information content (AvgIpc) is 3.08. The maximum Gasteiger partial charge on any atom is 0.338 e. The Bertz CT molecular complexity index is 744. The monoisotopic (exact) mass is 327 g/mol. The molecule has 3 rings (SSSR count). The summed E-state index contributed by atoms with van der Waals surface area (Å²) in [7, 11) is 0. The summed E-state index contributed by atoms with van der Waals surface area (Å²) in [5.41, 5.74) is 1.28. The molecule has 6 nitrogen and oxygen atoms in total. The molecule has 1 N–H and O–H groups in total. The molecular formula is C18H17NO5. The molecule has 124 valence electrons. The van der Waals surface area contributed by atoms with Crippen molar-refractivity contribution in [1.29, 1.82) is 0 Å². The summed E-state index contributed by atoms with van der Waals surface area (Å²) in [6.45, 7) is 2.05. The molecule has 2 aromatic rings. The summed E-state index contributed by atoms with van der Waals surface area (Å²) in [4.78, 5) is 24.0. The van der Waals surface area contributed by atoms with E-state index in [-0.39, 0.29) is 12.7 Å². The largest absolute Gasteiger partial charge is 0.454 e. The zero-order valence-corrected chi connectivity index (χ0v) is 13.2. The standard InChI is InChI=1S/C18H17NO5/c1-12(24-18(21)14-5-3-2-4-6-14)17(20)19-10-13-7-8-15-16(9-13)23-11-22-15/h2-9,12H,10-11H2,1H3,(H,19,20)/t12-/m1/s1. The number of hydrogen-bond donors (Lipinski definition) is 1. The first kappa shape index (κ1) is 15.9. The molecule has 6 heteroatoms. The van der Waals surface area contributed by atoms with Gasteiger partial charge in [0.05, 0.1) is 5.56 Å². The molecule has 2 aromatic carbocycles. The molecular weight excluding hydrogens is 310 g/mol. The van der Waals surface area contributed by atoms with E-state index in [1.807, 2.05) is 12.1 Å². The Morgan fingerprint density at radius 2 is 1.88 bits per heavy atom. The van der Waals surface area contributed by atoms with E-state index < -0.39 is 12.1 Å². The number of ether oxygens (including phenoxy) is 3. The van der Waals surface area contributed by atoms with Crippen molar-refractivity contribution in [2.24, 2.45) is 0 Å². The first-order valence-electron chi connectivity index (χ1n) is 7.56. The van der Waals surface area contributed by atoms with Crippen molar-refractivity contribution < 1.29 is 23.8 Å². The summed E-state index contributed by atoms with van der Waals surface area (Å²) < 4.78 is 15.7. The van der Waals surface area contributed by atoms with E-state index in [4.69, 9.17) is 14.2 Å². The second kappa shape index (κ2) is 7.04. The molecule has 0 spiro atoms. The van der Waals surface area contributed by atoms with Crippen molar-refractivity contribution in [3.63, 3.8) is 0 Å². The van der Waals surface area contributed by atoms with Gasteiger partial charge < -0.3 is 19.5 Å². The van der Waals surface area contributed by atoms with E-state index >= 15 is 0 Å². The van der Waals surface area contributed by atoms with Gasteiger partial charge in [0.25, 0.3) is 5.91 Å². The minimum atomic E-state index is -0.883. The van der Waals surface area contributed by atoms with Crippen LogP contribution in [0, 0.1) is 0 Å². The van der Waals surface area contributed by atoms with Gasteiger partial charge in [-0.15, -0.1) is 0 Å². The zero-order chi connectivity index (χ0) is 16.9. The highest BCUT2D eigenvalue weighted by molar-refractivity contribution is 5.92. The molecule has 0 fully saturated rings. The van der Waals surface area contributed by atoms with E-state index in [1.165, 1.54) is 6.92 Å². The van der Waals surface area contributed by atoms with Crippen LogP contribution < -0.4 is 14.8 Å². The maximum absolute atomic E-state index is 12.1. The summed E-state index contributed by atoms with van der Waals surface area (Å²) in [6, 6.07) is 14.0. The molecule has 0 saturated carbocycles. The van der Waals surface area contributed by atoms with Crippen LogP contribution in [0.3, 0.4) is 0 Å². The average molecular weight is 327 g/mol. The Morgan fingerprint density at radius 1 is 1.12 bits per heavy atom. The van der Waals surface area contributed by atoms with Crippen molar-refractivity contribution in [2.45, 2.75) is 19.6 Å². The van der Waals surface area contributed by atoms with E-state index in [2.05, 4.69) is 5.32 Å². The molecule has 0 radical (unpaired) electrons. The van der Waals surface area contributed by atoms with Crippen LogP contribution in [0.15, 0.2) is 48.5 Å². The van der Waals surface area contributed by atoms with Gasteiger partial charge in [-0.3, -0.25) is 4.79 Å². The Balaban J connectivity index is 1.52. The zero-order valence-electron chi connectivity index (χ0n) is 13.2. The highest BCUT2D eigenvalue weighted by Gasteiger charge is 2.19. The van der Waals surface area contributed by atoms with Crippen molar-refractivity contribution in [3.05, 3.63) is 59.7 Å². The molecule has 24 heavy (non-hydrogen) atoms. The predicted octanol–water partition coefficient (Wildman–Crippen LogP) is 2.28. The minimum Gasteiger partial charge on any atom is -0.454 e. The molecule has 1 heterocycles. The Morgan fingerprint density at radius 3 is 2.67 bits per heavy atom. The van der Waals surface area contributed by atoms with Crippen molar-refractivity contribution >= 4 is 11.9 Å². The first-order chi connectivity index (χ1) is 11.6. The summed E-state index contributed by atoms with van der Waals surface area (Å²) in [5, 5.41) is 2.73. The van der Waals surface area contributed by atoms with Gasteiger partial charge in [0.1, 0.15) is 0 Å². The number of fused-ring (bicyclic) bond motifs is 1. The summed E-state index contributed by atoms with van der Waals surface area (Å²) in [5.74, 6) is 0.457. The van der Waals surface area contributed by atoms with Gasteiger partial charge in [0.2, 0.25) is 6.79 Å². The molecule has 0 bridgehead atoms. The van der Waals surface area contributed by atoms with Crippen molar-refractivity contribution in [1.82, 2.24) is 5.32 Å². The predicted molar refractivity (Wildman–Crippen MR) is 85.7 cm³/mol. The third-order valence-electron chi connectivity index (χ3n) is 3.57. The van der Waals surface area contributed by atoms with Crippen LogP contribution in [0.1, 0.15) is 22.8 Å². The number of nitrogens with one attached hydrogen (secondary N) is 1. The van der Waals surface area contributed by atoms with Crippen LogP contribution in [0.2, 0.25) is 0 Å². The van der Waals surface area contributed by atoms with Gasteiger partial charge in [-0.2, -0.15) is 0 Å². The van der Waals surface area contributed by atoms with Gasteiger partial charge >= 0.3 is 5.97 Å². The lowest BCUT2D eigenvalue weighted by atomic mass is 10.2. The van der Waals surface area contributed by atoms with Gasteiger partial charge in [-0.1, -0.05) is 24.3 Å². The lowest BCUT2D eigenvalue weighted by molar-refractivity contribution is -0.129. The third-order valence-corrected chi connectivity index (χ3v) is 3.57.